The third-order valence-electron chi connectivity index (χ3n) is 7.29. The largest absolute Gasteiger partial charge is 0.415 e. The van der Waals surface area contributed by atoms with Crippen LogP contribution in [0.5, 0.6) is 5.75 Å². The maximum absolute atomic E-state index is 14.2. The number of likely N-dealkylation sites (tertiary alicyclic amines) is 2. The molecule has 0 bridgehead atoms. The van der Waals surface area contributed by atoms with E-state index in [1.54, 1.807) is 29.3 Å². The first-order chi connectivity index (χ1) is 18.2. The smallest absolute Gasteiger partial charge is 0.410 e. The maximum Gasteiger partial charge on any atom is 0.415 e. The topological polar surface area (TPSA) is 110 Å². The molecule has 0 saturated carbocycles. The van der Waals surface area contributed by atoms with E-state index in [0.717, 1.165) is 44.4 Å². The van der Waals surface area contributed by atoms with Crippen molar-refractivity contribution in [1.82, 2.24) is 14.8 Å². The Morgan fingerprint density at radius 3 is 2.68 bits per heavy atom. The molecule has 8 nitrogen and oxygen atoms in total. The molecular formula is C28H30ClFN6O2. The van der Waals surface area contributed by atoms with E-state index in [4.69, 9.17) is 27.8 Å². The number of nitrogens with zero attached hydrogens (tertiary/aromatic N) is 3. The summed E-state index contributed by atoms with van der Waals surface area (Å²) in [5, 5.41) is 4.35. The number of allylic oxidation sites excluding steroid dienone is 1. The predicted octanol–water partition coefficient (Wildman–Crippen LogP) is 4.77. The summed E-state index contributed by atoms with van der Waals surface area (Å²) in [4.78, 5) is 21.2. The number of hydrogen-bond acceptors (Lipinski definition) is 7. The monoisotopic (exact) mass is 536 g/mol. The SMILES string of the molecule is CN1CCC2(CC1)CN(C(=O)Oc1ccc3c(NC(/C=C(\N)c4cc(Cl)ccc4F)=C/N)ccnc3c1)C2. The zero-order chi connectivity index (χ0) is 26.9. The summed E-state index contributed by atoms with van der Waals surface area (Å²) in [7, 11) is 2.13. The number of aromatic nitrogens is 1. The fourth-order valence-electron chi connectivity index (χ4n) is 5.01. The molecule has 0 aliphatic carbocycles. The van der Waals surface area contributed by atoms with Crippen molar-refractivity contribution in [2.45, 2.75) is 12.8 Å². The Labute approximate surface area is 225 Å². The molecule has 2 fully saturated rings. The minimum Gasteiger partial charge on any atom is -0.410 e. The van der Waals surface area contributed by atoms with E-state index in [2.05, 4.69) is 22.2 Å². The Kier molecular flexibility index (Phi) is 7.14. The minimum absolute atomic E-state index is 0.162. The molecule has 1 spiro atoms. The van der Waals surface area contributed by atoms with E-state index >= 15 is 0 Å². The lowest BCUT2D eigenvalue weighted by atomic mass is 9.72. The molecule has 198 valence electrons. The van der Waals surface area contributed by atoms with Crippen molar-refractivity contribution >= 4 is 40.0 Å². The second kappa shape index (κ2) is 10.5. The molecule has 3 aromatic rings. The molecular weight excluding hydrogens is 507 g/mol. The van der Waals surface area contributed by atoms with Crippen molar-refractivity contribution in [2.24, 2.45) is 16.9 Å². The Morgan fingerprint density at radius 2 is 1.95 bits per heavy atom. The van der Waals surface area contributed by atoms with Gasteiger partial charge in [-0.3, -0.25) is 4.98 Å². The number of hydrogen-bond donors (Lipinski definition) is 3. The zero-order valence-electron chi connectivity index (χ0n) is 21.1. The van der Waals surface area contributed by atoms with Crippen molar-refractivity contribution in [1.29, 1.82) is 0 Å². The summed E-state index contributed by atoms with van der Waals surface area (Å²) in [5.41, 5.74) is 14.3. The van der Waals surface area contributed by atoms with Crippen molar-refractivity contribution in [3.8, 4) is 5.75 Å². The highest BCUT2D eigenvalue weighted by Gasteiger charge is 2.46. The number of carbonyl (C=O) groups excluding carboxylic acids is 1. The van der Waals surface area contributed by atoms with Gasteiger partial charge < -0.3 is 31.3 Å². The summed E-state index contributed by atoms with van der Waals surface area (Å²) >= 11 is 5.99. The molecule has 10 heteroatoms. The lowest BCUT2D eigenvalue weighted by Crippen LogP contribution is -2.62. The van der Waals surface area contributed by atoms with E-state index < -0.39 is 5.82 Å². The molecule has 2 aromatic carbocycles. The Balaban J connectivity index is 1.27. The van der Waals surface area contributed by atoms with Crippen molar-refractivity contribution in [3.05, 3.63) is 83.0 Å². The number of halogens is 2. The number of nitrogens with two attached hydrogens (primary N) is 2. The number of benzene rings is 2. The second-order valence-corrected chi connectivity index (χ2v) is 10.5. The zero-order valence-corrected chi connectivity index (χ0v) is 21.8. The van der Waals surface area contributed by atoms with Crippen LogP contribution in [0, 0.1) is 11.2 Å². The highest BCUT2D eigenvalue weighted by atomic mass is 35.5. The van der Waals surface area contributed by atoms with E-state index in [1.165, 1.54) is 30.5 Å². The van der Waals surface area contributed by atoms with Gasteiger partial charge >= 0.3 is 6.09 Å². The predicted molar refractivity (Wildman–Crippen MR) is 148 cm³/mol. The van der Waals surface area contributed by atoms with Gasteiger partial charge in [-0.1, -0.05) is 11.6 Å². The number of anilines is 1. The van der Waals surface area contributed by atoms with Gasteiger partial charge in [0.1, 0.15) is 11.6 Å². The van der Waals surface area contributed by atoms with E-state index in [0.29, 0.717) is 27.7 Å². The number of carbonyl (C=O) groups is 1. The molecule has 5 N–H and O–H groups in total. The fraction of sp³-hybridized carbons (Fsp3) is 0.286. The number of nitrogens with one attached hydrogen (secondary N) is 1. The first-order valence-corrected chi connectivity index (χ1v) is 12.8. The summed E-state index contributed by atoms with van der Waals surface area (Å²) in [6.45, 7) is 3.61. The molecule has 5 rings (SSSR count). The number of piperidine rings is 1. The molecule has 2 saturated heterocycles. The van der Waals surface area contributed by atoms with Gasteiger partial charge in [0.05, 0.1) is 11.2 Å². The van der Waals surface area contributed by atoms with Crippen molar-refractivity contribution < 1.29 is 13.9 Å². The quantitative estimate of drug-likeness (QED) is 0.403. The van der Waals surface area contributed by atoms with Crippen LogP contribution >= 0.6 is 11.6 Å². The van der Waals surface area contributed by atoms with Crippen molar-refractivity contribution in [2.75, 3.05) is 38.5 Å². The van der Waals surface area contributed by atoms with Gasteiger partial charge in [0.2, 0.25) is 0 Å². The third-order valence-corrected chi connectivity index (χ3v) is 7.52. The summed E-state index contributed by atoms with van der Waals surface area (Å²) in [6, 6.07) is 11.2. The fourth-order valence-corrected chi connectivity index (χ4v) is 5.18. The van der Waals surface area contributed by atoms with Crippen LogP contribution in [0.1, 0.15) is 18.4 Å². The van der Waals surface area contributed by atoms with Gasteiger partial charge in [-0.25, -0.2) is 9.18 Å². The first-order valence-electron chi connectivity index (χ1n) is 12.4. The van der Waals surface area contributed by atoms with Crippen LogP contribution < -0.4 is 21.5 Å². The van der Waals surface area contributed by atoms with Gasteiger partial charge in [-0.2, -0.15) is 0 Å². The minimum atomic E-state index is -0.490. The molecule has 0 atom stereocenters. The van der Waals surface area contributed by atoms with E-state index in [1.807, 2.05) is 6.07 Å². The standard InChI is InChI=1S/C28H30ClFN6O2/c1-35-10-7-28(8-11-35)16-36(17-28)27(37)38-20-3-4-21-25(6-9-33-26(21)14-20)34-19(15-31)13-24(32)22-12-18(29)2-5-23(22)30/h2-6,9,12-15H,7-8,10-11,16-17,31-32H2,1H3,(H,33,34)/b19-15+,24-13-. The number of ether oxygens (including phenoxy) is 1. The van der Waals surface area contributed by atoms with Crippen LogP contribution in [-0.2, 0) is 0 Å². The number of fused-ring (bicyclic) bond motifs is 1. The molecule has 0 unspecified atom stereocenters. The van der Waals surface area contributed by atoms with E-state index in [-0.39, 0.29) is 22.8 Å². The number of amides is 1. The van der Waals surface area contributed by atoms with Gasteiger partial charge in [0, 0.05) is 64.3 Å². The normalized spacial score (nSPS) is 17.9. The molecule has 2 aliphatic heterocycles. The molecule has 38 heavy (non-hydrogen) atoms. The van der Waals surface area contributed by atoms with Crippen LogP contribution in [-0.4, -0.2) is 54.1 Å². The number of pyridine rings is 1. The van der Waals surface area contributed by atoms with Gasteiger partial charge in [0.25, 0.3) is 0 Å². The van der Waals surface area contributed by atoms with Gasteiger partial charge in [0.15, 0.2) is 0 Å². The Hall–Kier alpha value is -3.82. The Morgan fingerprint density at radius 1 is 1.18 bits per heavy atom. The molecule has 2 aliphatic rings. The van der Waals surface area contributed by atoms with Crippen LogP contribution in [0.3, 0.4) is 0 Å². The molecule has 1 amide bonds. The van der Waals surface area contributed by atoms with Gasteiger partial charge in [-0.15, -0.1) is 0 Å². The Bertz CT molecular complexity index is 1430. The molecule has 0 radical (unpaired) electrons. The van der Waals surface area contributed by atoms with E-state index in [9.17, 15) is 9.18 Å². The van der Waals surface area contributed by atoms with Crippen molar-refractivity contribution in [3.63, 3.8) is 0 Å². The second-order valence-electron chi connectivity index (χ2n) is 10.0. The highest BCUT2D eigenvalue weighted by molar-refractivity contribution is 6.30. The number of rotatable bonds is 5. The van der Waals surface area contributed by atoms with Gasteiger partial charge in [-0.05, 0) is 75.5 Å². The molecule has 1 aromatic heterocycles. The summed E-state index contributed by atoms with van der Waals surface area (Å²) in [6.07, 6.45) is 6.37. The lowest BCUT2D eigenvalue weighted by molar-refractivity contribution is -0.0272. The summed E-state index contributed by atoms with van der Waals surface area (Å²) in [5.74, 6) is -0.0673. The lowest BCUT2D eigenvalue weighted by Gasteiger charge is -2.52. The van der Waals surface area contributed by atoms with Crippen LogP contribution in [0.25, 0.3) is 16.6 Å². The average Bonchev–Trinajstić information content (AvgIpc) is 2.88. The first kappa shape index (κ1) is 25.8. The highest BCUT2D eigenvalue weighted by Crippen LogP contribution is 2.40. The van der Waals surface area contributed by atoms with Crippen LogP contribution in [0.15, 0.2) is 66.6 Å². The summed E-state index contributed by atoms with van der Waals surface area (Å²) < 4.78 is 19.9. The molecule has 3 heterocycles. The maximum atomic E-state index is 14.2. The van der Waals surface area contributed by atoms with Crippen LogP contribution in [0.2, 0.25) is 5.02 Å². The van der Waals surface area contributed by atoms with Crippen LogP contribution in [0.4, 0.5) is 14.9 Å². The average molecular weight is 537 g/mol. The third kappa shape index (κ3) is 5.39.